The zero-order valence-electron chi connectivity index (χ0n) is 16.9. The van der Waals surface area contributed by atoms with Crippen LogP contribution in [-0.2, 0) is 11.2 Å². The van der Waals surface area contributed by atoms with Crippen LogP contribution in [0.1, 0.15) is 31.4 Å². The molecule has 3 N–H and O–H groups in total. The second-order valence-electron chi connectivity index (χ2n) is 7.36. The monoisotopic (exact) mass is 426 g/mol. The summed E-state index contributed by atoms with van der Waals surface area (Å²) in [4.78, 5) is 20.7. The largest absolute Gasteiger partial charge is 0.378 e. The number of thioether (sulfide) groups is 1. The molecule has 3 rings (SSSR count). The number of aromatic nitrogens is 1. The third-order valence-electron chi connectivity index (χ3n) is 4.20. The normalized spacial score (nSPS) is 11.9. The minimum Gasteiger partial charge on any atom is -0.378 e. The van der Waals surface area contributed by atoms with Gasteiger partial charge in [0, 0.05) is 13.0 Å². The lowest BCUT2D eigenvalue weighted by Gasteiger charge is -2.05. The summed E-state index contributed by atoms with van der Waals surface area (Å²) >= 11 is 2.69. The highest BCUT2D eigenvalue weighted by Gasteiger charge is 2.08. The van der Waals surface area contributed by atoms with Crippen LogP contribution >= 0.6 is 23.1 Å². The molecule has 1 aromatic heterocycles. The number of rotatable bonds is 7. The van der Waals surface area contributed by atoms with E-state index >= 15 is 0 Å². The highest BCUT2D eigenvalue weighted by atomic mass is 32.2. The number of benzene rings is 2. The van der Waals surface area contributed by atoms with Gasteiger partial charge in [-0.25, -0.2) is 9.98 Å². The first kappa shape index (κ1) is 21.3. The summed E-state index contributed by atoms with van der Waals surface area (Å²) in [6, 6.07) is 14.2. The van der Waals surface area contributed by atoms with E-state index in [0.717, 1.165) is 41.1 Å². The molecule has 3 aromatic rings. The summed E-state index contributed by atoms with van der Waals surface area (Å²) in [5, 5.41) is 4.69. The van der Waals surface area contributed by atoms with E-state index in [2.05, 4.69) is 40.4 Å². The maximum absolute atomic E-state index is 11.8. The van der Waals surface area contributed by atoms with Gasteiger partial charge in [0.1, 0.15) is 0 Å². The molecule has 0 aliphatic heterocycles. The third kappa shape index (κ3) is 6.58. The number of anilines is 1. The molecule has 0 saturated carbocycles. The average molecular weight is 427 g/mol. The fourth-order valence-electron chi connectivity index (χ4n) is 2.80. The number of hydrogen-bond donors (Lipinski definition) is 2. The molecule has 0 atom stereocenters. The van der Waals surface area contributed by atoms with Gasteiger partial charge in [0.05, 0.1) is 15.9 Å². The minimum atomic E-state index is 0.0500. The molecule has 0 unspecified atom stereocenters. The van der Waals surface area contributed by atoms with Crippen molar-refractivity contribution in [1.29, 1.82) is 0 Å². The molecule has 0 aliphatic carbocycles. The van der Waals surface area contributed by atoms with Crippen LogP contribution < -0.4 is 11.1 Å². The molecule has 0 radical (unpaired) electrons. The number of nitrogens with one attached hydrogen (secondary N) is 1. The van der Waals surface area contributed by atoms with Crippen LogP contribution in [0.3, 0.4) is 0 Å². The Kier molecular flexibility index (Phi) is 7.28. The van der Waals surface area contributed by atoms with Gasteiger partial charge in [-0.1, -0.05) is 43.4 Å². The standard InChI is InChI=1S/C22H26N4OS2/c1-14(2)12-20(27)29-21(23)25-17-7-5-16(6-8-17)10-11-24-22-26-18-9-4-15(3)13-19(18)28-22/h4-9,13-14H,10-12H2,1-3H3,(H2,23,25)(H,24,26). The smallest absolute Gasteiger partial charge is 0.196 e. The van der Waals surface area contributed by atoms with E-state index in [1.54, 1.807) is 11.3 Å². The van der Waals surface area contributed by atoms with Gasteiger partial charge in [-0.05, 0) is 66.4 Å². The van der Waals surface area contributed by atoms with E-state index in [9.17, 15) is 4.79 Å². The molecule has 29 heavy (non-hydrogen) atoms. The predicted molar refractivity (Wildman–Crippen MR) is 126 cm³/mol. The summed E-state index contributed by atoms with van der Waals surface area (Å²) in [5.74, 6) is 0.322. The summed E-state index contributed by atoms with van der Waals surface area (Å²) in [5.41, 5.74) is 10.1. The number of amidine groups is 1. The molecule has 7 heteroatoms. The van der Waals surface area contributed by atoms with Gasteiger partial charge in [0.15, 0.2) is 15.4 Å². The number of aliphatic imine (C=N–C) groups is 1. The number of nitrogens with zero attached hydrogens (tertiary/aromatic N) is 2. The highest BCUT2D eigenvalue weighted by Crippen LogP contribution is 2.26. The lowest BCUT2D eigenvalue weighted by atomic mass is 10.1. The Bertz CT molecular complexity index is 1010. The molecule has 5 nitrogen and oxygen atoms in total. The van der Waals surface area contributed by atoms with Gasteiger partial charge in [-0.2, -0.15) is 0 Å². The molecule has 0 saturated heterocycles. The molecule has 0 amide bonds. The summed E-state index contributed by atoms with van der Waals surface area (Å²) in [6.45, 7) is 6.92. The Balaban J connectivity index is 1.50. The van der Waals surface area contributed by atoms with E-state index in [4.69, 9.17) is 5.73 Å². The van der Waals surface area contributed by atoms with Crippen molar-refractivity contribution in [2.75, 3.05) is 11.9 Å². The van der Waals surface area contributed by atoms with Crippen molar-refractivity contribution in [3.05, 3.63) is 53.6 Å². The Morgan fingerprint density at radius 2 is 2.00 bits per heavy atom. The Labute approximate surface area is 179 Å². The number of carbonyl (C=O) groups excluding carboxylic acids is 1. The van der Waals surface area contributed by atoms with Gasteiger partial charge < -0.3 is 11.1 Å². The van der Waals surface area contributed by atoms with Gasteiger partial charge >= 0.3 is 0 Å². The number of thiazole rings is 1. The topological polar surface area (TPSA) is 80.4 Å². The van der Waals surface area contributed by atoms with Crippen LogP contribution in [-0.4, -0.2) is 21.8 Å². The first-order valence-electron chi connectivity index (χ1n) is 9.64. The first-order chi connectivity index (χ1) is 13.9. The molecule has 1 heterocycles. The van der Waals surface area contributed by atoms with Crippen molar-refractivity contribution < 1.29 is 4.79 Å². The van der Waals surface area contributed by atoms with E-state index < -0.39 is 0 Å². The zero-order chi connectivity index (χ0) is 20.8. The SMILES string of the molecule is Cc1ccc2nc(NCCc3ccc(N=C(N)SC(=O)CC(C)C)cc3)sc2c1. The Morgan fingerprint density at radius 1 is 1.24 bits per heavy atom. The lowest BCUT2D eigenvalue weighted by molar-refractivity contribution is -0.111. The fourth-order valence-corrected chi connectivity index (χ4v) is 4.59. The van der Waals surface area contributed by atoms with Crippen LogP contribution in [0, 0.1) is 12.8 Å². The lowest BCUT2D eigenvalue weighted by Crippen LogP contribution is -2.11. The molecule has 0 bridgehead atoms. The van der Waals surface area contributed by atoms with Crippen LogP contribution in [0.4, 0.5) is 10.8 Å². The molecule has 0 spiro atoms. The van der Waals surface area contributed by atoms with E-state index in [-0.39, 0.29) is 10.3 Å². The predicted octanol–water partition coefficient (Wildman–Crippen LogP) is 5.51. The van der Waals surface area contributed by atoms with Crippen LogP contribution in [0.5, 0.6) is 0 Å². The number of carbonyl (C=O) groups is 1. The van der Waals surface area contributed by atoms with E-state index in [0.29, 0.717) is 12.3 Å². The molecule has 0 fully saturated rings. The number of aryl methyl sites for hydroxylation is 1. The van der Waals surface area contributed by atoms with Crippen molar-refractivity contribution in [2.45, 2.75) is 33.6 Å². The second-order valence-corrected chi connectivity index (χ2v) is 9.46. The first-order valence-corrected chi connectivity index (χ1v) is 11.3. The highest BCUT2D eigenvalue weighted by molar-refractivity contribution is 8.26. The molecule has 152 valence electrons. The second kappa shape index (κ2) is 9.89. The van der Waals surface area contributed by atoms with E-state index in [1.807, 2.05) is 38.1 Å². The van der Waals surface area contributed by atoms with Crippen molar-refractivity contribution >= 4 is 54.4 Å². The third-order valence-corrected chi connectivity index (χ3v) is 5.87. The van der Waals surface area contributed by atoms with Gasteiger partial charge in [-0.3, -0.25) is 4.79 Å². The maximum atomic E-state index is 11.8. The molecule has 2 aromatic carbocycles. The van der Waals surface area contributed by atoms with Crippen LogP contribution in [0.25, 0.3) is 10.2 Å². The summed E-state index contributed by atoms with van der Waals surface area (Å²) < 4.78 is 1.21. The van der Waals surface area contributed by atoms with Crippen molar-refractivity contribution in [3.8, 4) is 0 Å². The molecule has 0 aliphatic rings. The maximum Gasteiger partial charge on any atom is 0.196 e. The number of nitrogens with two attached hydrogens (primary N) is 1. The van der Waals surface area contributed by atoms with Crippen molar-refractivity contribution in [1.82, 2.24) is 4.98 Å². The quantitative estimate of drug-likeness (QED) is 0.384. The minimum absolute atomic E-state index is 0.0500. The Hall–Kier alpha value is -2.38. The van der Waals surface area contributed by atoms with Gasteiger partial charge in [0.25, 0.3) is 0 Å². The van der Waals surface area contributed by atoms with E-state index in [1.165, 1.54) is 15.8 Å². The molecular formula is C22H26N4OS2. The molecular weight excluding hydrogens is 400 g/mol. The van der Waals surface area contributed by atoms with Crippen molar-refractivity contribution in [3.63, 3.8) is 0 Å². The Morgan fingerprint density at radius 3 is 2.72 bits per heavy atom. The zero-order valence-corrected chi connectivity index (χ0v) is 18.6. The van der Waals surface area contributed by atoms with Crippen molar-refractivity contribution in [2.24, 2.45) is 16.6 Å². The fraction of sp³-hybridized carbons (Fsp3) is 0.318. The van der Waals surface area contributed by atoms with Crippen LogP contribution in [0.2, 0.25) is 0 Å². The van der Waals surface area contributed by atoms with Gasteiger partial charge in [0.2, 0.25) is 0 Å². The van der Waals surface area contributed by atoms with Gasteiger partial charge in [-0.15, -0.1) is 0 Å². The van der Waals surface area contributed by atoms with Crippen LogP contribution in [0.15, 0.2) is 47.5 Å². The number of fused-ring (bicyclic) bond motifs is 1. The average Bonchev–Trinajstić information content (AvgIpc) is 3.04. The summed E-state index contributed by atoms with van der Waals surface area (Å²) in [7, 11) is 0. The summed E-state index contributed by atoms with van der Waals surface area (Å²) in [6.07, 6.45) is 1.39. The number of hydrogen-bond acceptors (Lipinski definition) is 6.